The summed E-state index contributed by atoms with van der Waals surface area (Å²) in [4.78, 5) is 0.406. The van der Waals surface area contributed by atoms with E-state index < -0.39 is 0 Å². The lowest BCUT2D eigenvalue weighted by Crippen LogP contribution is -2.03. The van der Waals surface area contributed by atoms with Crippen LogP contribution in [0.5, 0.6) is 5.75 Å². The standard InChI is InChI=1S/C14H18Br2O/c1-7-5-10(7)13(16)12-9(3)11(15)6-8(2)14(12)17-4/h6-7,10,13H,5H2,1-4H3. The molecule has 3 heteroatoms. The zero-order valence-electron chi connectivity index (χ0n) is 10.7. The highest BCUT2D eigenvalue weighted by molar-refractivity contribution is 9.10. The Morgan fingerprint density at radius 3 is 2.47 bits per heavy atom. The van der Waals surface area contributed by atoms with E-state index in [2.05, 4.69) is 58.7 Å². The van der Waals surface area contributed by atoms with Crippen molar-refractivity contribution in [2.24, 2.45) is 11.8 Å². The van der Waals surface area contributed by atoms with Crippen LogP contribution in [-0.4, -0.2) is 7.11 Å². The number of alkyl halides is 1. The lowest BCUT2D eigenvalue weighted by Gasteiger charge is -2.20. The number of halogens is 2. The van der Waals surface area contributed by atoms with Crippen molar-refractivity contribution in [1.82, 2.24) is 0 Å². The number of aryl methyl sites for hydroxylation is 1. The van der Waals surface area contributed by atoms with Crippen molar-refractivity contribution in [2.45, 2.75) is 32.0 Å². The Bertz CT molecular complexity index is 442. The van der Waals surface area contributed by atoms with E-state index in [4.69, 9.17) is 4.74 Å². The fourth-order valence-electron chi connectivity index (χ4n) is 2.45. The van der Waals surface area contributed by atoms with Crippen LogP contribution in [-0.2, 0) is 0 Å². The van der Waals surface area contributed by atoms with Gasteiger partial charge in [0.25, 0.3) is 0 Å². The van der Waals surface area contributed by atoms with E-state index in [-0.39, 0.29) is 0 Å². The predicted octanol–water partition coefficient (Wildman–Crippen LogP) is 5.17. The van der Waals surface area contributed by atoms with Crippen LogP contribution >= 0.6 is 31.9 Å². The molecule has 0 bridgehead atoms. The molecule has 0 N–H and O–H groups in total. The smallest absolute Gasteiger partial charge is 0.126 e. The number of methoxy groups -OCH3 is 1. The van der Waals surface area contributed by atoms with Crippen molar-refractivity contribution in [1.29, 1.82) is 0 Å². The Labute approximate surface area is 120 Å². The highest BCUT2D eigenvalue weighted by Gasteiger charge is 2.40. The van der Waals surface area contributed by atoms with Crippen molar-refractivity contribution in [3.63, 3.8) is 0 Å². The molecule has 0 radical (unpaired) electrons. The first-order chi connectivity index (χ1) is 7.97. The van der Waals surface area contributed by atoms with E-state index in [1.54, 1.807) is 7.11 Å². The van der Waals surface area contributed by atoms with Gasteiger partial charge in [-0.15, -0.1) is 0 Å². The highest BCUT2D eigenvalue weighted by Crippen LogP contribution is 2.54. The molecule has 3 atom stereocenters. The van der Waals surface area contributed by atoms with E-state index >= 15 is 0 Å². The maximum Gasteiger partial charge on any atom is 0.126 e. The molecule has 0 aliphatic heterocycles. The molecule has 0 aromatic heterocycles. The van der Waals surface area contributed by atoms with Crippen LogP contribution in [0.2, 0.25) is 0 Å². The molecule has 94 valence electrons. The highest BCUT2D eigenvalue weighted by atomic mass is 79.9. The van der Waals surface area contributed by atoms with Gasteiger partial charge in [0.05, 0.1) is 7.11 Å². The molecule has 3 unspecified atom stereocenters. The van der Waals surface area contributed by atoms with Gasteiger partial charge in [0.1, 0.15) is 5.75 Å². The second-order valence-electron chi connectivity index (χ2n) is 5.03. The lowest BCUT2D eigenvalue weighted by atomic mass is 9.98. The molecular formula is C14H18Br2O. The first-order valence-corrected chi connectivity index (χ1v) is 7.65. The van der Waals surface area contributed by atoms with Crippen LogP contribution in [0.3, 0.4) is 0 Å². The average molecular weight is 362 g/mol. The van der Waals surface area contributed by atoms with Gasteiger partial charge in [0.15, 0.2) is 0 Å². The molecule has 1 aromatic rings. The fourth-order valence-corrected chi connectivity index (χ4v) is 4.30. The summed E-state index contributed by atoms with van der Waals surface area (Å²) in [6.45, 7) is 6.57. The molecule has 0 heterocycles. The van der Waals surface area contributed by atoms with Gasteiger partial charge in [-0.3, -0.25) is 0 Å². The van der Waals surface area contributed by atoms with Crippen LogP contribution in [0.1, 0.15) is 34.9 Å². The lowest BCUT2D eigenvalue weighted by molar-refractivity contribution is 0.404. The van der Waals surface area contributed by atoms with Gasteiger partial charge in [-0.1, -0.05) is 38.8 Å². The summed E-state index contributed by atoms with van der Waals surface area (Å²) in [6, 6.07) is 2.13. The molecule has 2 rings (SSSR count). The minimum absolute atomic E-state index is 0.406. The van der Waals surface area contributed by atoms with Crippen LogP contribution in [0.15, 0.2) is 10.5 Å². The first-order valence-electron chi connectivity index (χ1n) is 5.95. The first kappa shape index (κ1) is 13.4. The molecular weight excluding hydrogens is 344 g/mol. The monoisotopic (exact) mass is 360 g/mol. The van der Waals surface area contributed by atoms with E-state index in [1.165, 1.54) is 27.6 Å². The van der Waals surface area contributed by atoms with E-state index in [0.717, 1.165) is 17.6 Å². The van der Waals surface area contributed by atoms with Crippen LogP contribution < -0.4 is 4.74 Å². The van der Waals surface area contributed by atoms with Gasteiger partial charge in [-0.25, -0.2) is 0 Å². The van der Waals surface area contributed by atoms with Gasteiger partial charge in [-0.2, -0.15) is 0 Å². The summed E-state index contributed by atoms with van der Waals surface area (Å²) in [6.07, 6.45) is 1.31. The normalized spacial score (nSPS) is 24.6. The largest absolute Gasteiger partial charge is 0.496 e. The van der Waals surface area contributed by atoms with Gasteiger partial charge >= 0.3 is 0 Å². The molecule has 1 aliphatic rings. The Hall–Kier alpha value is -0.0200. The summed E-state index contributed by atoms with van der Waals surface area (Å²) in [5.41, 5.74) is 3.79. The Kier molecular flexibility index (Phi) is 3.89. The van der Waals surface area contributed by atoms with Gasteiger partial charge in [0.2, 0.25) is 0 Å². The van der Waals surface area contributed by atoms with E-state index in [0.29, 0.717) is 4.83 Å². The molecule has 1 saturated carbocycles. The Balaban J connectivity index is 2.50. The number of hydrogen-bond donors (Lipinski definition) is 0. The molecule has 1 aromatic carbocycles. The number of rotatable bonds is 3. The molecule has 0 saturated heterocycles. The Morgan fingerprint density at radius 1 is 1.41 bits per heavy atom. The van der Waals surface area contributed by atoms with Crippen LogP contribution in [0.25, 0.3) is 0 Å². The maximum atomic E-state index is 5.60. The van der Waals surface area contributed by atoms with Crippen molar-refractivity contribution in [3.8, 4) is 5.75 Å². The third-order valence-electron chi connectivity index (χ3n) is 3.74. The zero-order valence-corrected chi connectivity index (χ0v) is 13.9. The molecule has 1 fully saturated rings. The zero-order chi connectivity index (χ0) is 12.7. The third-order valence-corrected chi connectivity index (χ3v) is 5.70. The van der Waals surface area contributed by atoms with Crippen molar-refractivity contribution >= 4 is 31.9 Å². The van der Waals surface area contributed by atoms with E-state index in [9.17, 15) is 0 Å². The summed E-state index contributed by atoms with van der Waals surface area (Å²) < 4.78 is 6.77. The summed E-state index contributed by atoms with van der Waals surface area (Å²) in [7, 11) is 1.76. The Morgan fingerprint density at radius 2 is 2.00 bits per heavy atom. The second-order valence-corrected chi connectivity index (χ2v) is 6.87. The third kappa shape index (κ3) is 2.41. The number of benzene rings is 1. The average Bonchev–Trinajstić information content (AvgIpc) is 2.99. The molecule has 17 heavy (non-hydrogen) atoms. The van der Waals surface area contributed by atoms with Crippen molar-refractivity contribution < 1.29 is 4.74 Å². The molecule has 1 nitrogen and oxygen atoms in total. The molecule has 0 amide bonds. The second kappa shape index (κ2) is 4.93. The molecule has 1 aliphatic carbocycles. The summed E-state index contributed by atoms with van der Waals surface area (Å²) in [5.74, 6) is 2.60. The van der Waals surface area contributed by atoms with Crippen LogP contribution in [0, 0.1) is 25.7 Å². The molecule has 0 spiro atoms. The SMILES string of the molecule is COc1c(C)cc(Br)c(C)c1C(Br)C1CC1C. The maximum absolute atomic E-state index is 5.60. The summed E-state index contributed by atoms with van der Waals surface area (Å²) in [5, 5.41) is 0. The van der Waals surface area contributed by atoms with Gasteiger partial charge in [-0.05, 0) is 49.3 Å². The number of hydrogen-bond acceptors (Lipinski definition) is 1. The minimum atomic E-state index is 0.406. The van der Waals surface area contributed by atoms with Gasteiger partial charge < -0.3 is 4.74 Å². The summed E-state index contributed by atoms with van der Waals surface area (Å²) >= 11 is 7.50. The van der Waals surface area contributed by atoms with Crippen LogP contribution in [0.4, 0.5) is 0 Å². The van der Waals surface area contributed by atoms with Gasteiger partial charge in [0, 0.05) is 14.9 Å². The van der Waals surface area contributed by atoms with E-state index in [1.807, 2.05) is 0 Å². The minimum Gasteiger partial charge on any atom is -0.496 e. The quantitative estimate of drug-likeness (QED) is 0.675. The topological polar surface area (TPSA) is 9.23 Å². The number of ether oxygens (including phenoxy) is 1. The fraction of sp³-hybridized carbons (Fsp3) is 0.571. The predicted molar refractivity (Wildman–Crippen MR) is 79.1 cm³/mol. The van der Waals surface area contributed by atoms with Crippen molar-refractivity contribution in [2.75, 3.05) is 7.11 Å². The van der Waals surface area contributed by atoms with Crippen molar-refractivity contribution in [3.05, 3.63) is 27.2 Å².